The van der Waals surface area contributed by atoms with Gasteiger partial charge in [-0.25, -0.2) is 4.39 Å². The zero-order valence-electron chi connectivity index (χ0n) is 12.1. The summed E-state index contributed by atoms with van der Waals surface area (Å²) in [5, 5.41) is 5.24. The van der Waals surface area contributed by atoms with E-state index in [0.717, 1.165) is 0 Å². The van der Waals surface area contributed by atoms with Crippen molar-refractivity contribution in [1.29, 1.82) is 0 Å². The van der Waals surface area contributed by atoms with Crippen LogP contribution in [0.5, 0.6) is 0 Å². The first-order valence-electron chi connectivity index (χ1n) is 7.07. The highest BCUT2D eigenvalue weighted by Crippen LogP contribution is 2.47. The van der Waals surface area contributed by atoms with Crippen molar-refractivity contribution in [3.05, 3.63) is 58.8 Å². The van der Waals surface area contributed by atoms with E-state index in [4.69, 9.17) is 0 Å². The van der Waals surface area contributed by atoms with Gasteiger partial charge in [0.15, 0.2) is 0 Å². The Morgan fingerprint density at radius 3 is 2.04 bits per heavy atom. The van der Waals surface area contributed by atoms with Crippen LogP contribution in [-0.2, 0) is 9.59 Å². The SMILES string of the molecule is O=C(Nc1ccc(F)cc1)C1(C(=O)Nc2ccc(=O)[nH]c2)CC1. The molecule has 23 heavy (non-hydrogen) atoms. The molecule has 118 valence electrons. The van der Waals surface area contributed by atoms with Gasteiger partial charge in [0, 0.05) is 18.0 Å². The van der Waals surface area contributed by atoms with Crippen molar-refractivity contribution in [3.63, 3.8) is 0 Å². The van der Waals surface area contributed by atoms with Crippen molar-refractivity contribution in [2.45, 2.75) is 12.8 Å². The van der Waals surface area contributed by atoms with Crippen molar-refractivity contribution in [2.75, 3.05) is 10.6 Å². The van der Waals surface area contributed by atoms with Crippen LogP contribution in [0.25, 0.3) is 0 Å². The first-order valence-corrected chi connectivity index (χ1v) is 7.07. The summed E-state index contributed by atoms with van der Waals surface area (Å²) in [5.74, 6) is -1.25. The molecule has 1 aromatic carbocycles. The van der Waals surface area contributed by atoms with Crippen molar-refractivity contribution in [3.8, 4) is 0 Å². The number of H-pyrrole nitrogens is 1. The van der Waals surface area contributed by atoms with E-state index in [0.29, 0.717) is 24.2 Å². The van der Waals surface area contributed by atoms with Crippen LogP contribution in [0.4, 0.5) is 15.8 Å². The second-order valence-corrected chi connectivity index (χ2v) is 5.44. The van der Waals surface area contributed by atoms with Crippen molar-refractivity contribution < 1.29 is 14.0 Å². The summed E-state index contributed by atoms with van der Waals surface area (Å²) < 4.78 is 12.9. The summed E-state index contributed by atoms with van der Waals surface area (Å²) in [5.41, 5.74) is -0.557. The van der Waals surface area contributed by atoms with Crippen LogP contribution in [0.15, 0.2) is 47.4 Å². The van der Waals surface area contributed by atoms with Gasteiger partial charge in [0.2, 0.25) is 17.4 Å². The maximum absolute atomic E-state index is 12.9. The van der Waals surface area contributed by atoms with E-state index in [1.165, 1.54) is 42.6 Å². The number of carbonyl (C=O) groups excluding carboxylic acids is 2. The molecule has 0 radical (unpaired) electrons. The number of aromatic nitrogens is 1. The van der Waals surface area contributed by atoms with Crippen molar-refractivity contribution in [1.82, 2.24) is 4.98 Å². The monoisotopic (exact) mass is 315 g/mol. The Morgan fingerprint density at radius 1 is 0.957 bits per heavy atom. The zero-order valence-corrected chi connectivity index (χ0v) is 12.1. The van der Waals surface area contributed by atoms with Crippen LogP contribution in [-0.4, -0.2) is 16.8 Å². The van der Waals surface area contributed by atoms with Gasteiger partial charge in [-0.05, 0) is 43.2 Å². The average Bonchev–Trinajstić information content (AvgIpc) is 3.34. The first kappa shape index (κ1) is 15.0. The third-order valence-electron chi connectivity index (χ3n) is 3.76. The van der Waals surface area contributed by atoms with Gasteiger partial charge in [-0.2, -0.15) is 0 Å². The molecule has 0 atom stereocenters. The van der Waals surface area contributed by atoms with E-state index in [2.05, 4.69) is 15.6 Å². The zero-order chi connectivity index (χ0) is 16.4. The molecule has 2 amide bonds. The molecular weight excluding hydrogens is 301 g/mol. The smallest absolute Gasteiger partial charge is 0.248 e. The van der Waals surface area contributed by atoms with E-state index in [9.17, 15) is 18.8 Å². The highest BCUT2D eigenvalue weighted by Gasteiger charge is 2.56. The molecule has 3 rings (SSSR count). The number of halogens is 1. The van der Waals surface area contributed by atoms with Gasteiger partial charge < -0.3 is 15.6 Å². The number of hydrogen-bond donors (Lipinski definition) is 3. The Balaban J connectivity index is 1.69. The summed E-state index contributed by atoms with van der Waals surface area (Å²) in [6.45, 7) is 0. The van der Waals surface area contributed by atoms with Gasteiger partial charge in [-0.1, -0.05) is 0 Å². The lowest BCUT2D eigenvalue weighted by Gasteiger charge is -2.15. The second-order valence-electron chi connectivity index (χ2n) is 5.44. The van der Waals surface area contributed by atoms with Gasteiger partial charge in [0.05, 0.1) is 5.69 Å². The summed E-state index contributed by atoms with van der Waals surface area (Å²) in [6, 6.07) is 8.08. The molecule has 1 heterocycles. The maximum atomic E-state index is 12.9. The molecule has 1 aromatic heterocycles. The largest absolute Gasteiger partial charge is 0.327 e. The molecular formula is C16H14FN3O3. The van der Waals surface area contributed by atoms with E-state index in [1.54, 1.807) is 0 Å². The fraction of sp³-hybridized carbons (Fsp3) is 0.188. The number of benzene rings is 1. The molecule has 1 aliphatic rings. The molecule has 0 aliphatic heterocycles. The number of pyridine rings is 1. The standard InChI is InChI=1S/C16H14FN3O3/c17-10-1-3-11(4-2-10)19-14(22)16(7-8-16)15(23)20-12-5-6-13(21)18-9-12/h1-6,9H,7-8H2,(H,18,21)(H,19,22)(H,20,23). The Kier molecular flexibility index (Phi) is 3.69. The molecule has 0 unspecified atom stereocenters. The Hall–Kier alpha value is -2.96. The number of aromatic amines is 1. The topological polar surface area (TPSA) is 91.1 Å². The third kappa shape index (κ3) is 3.13. The average molecular weight is 315 g/mol. The van der Waals surface area contributed by atoms with E-state index in [-0.39, 0.29) is 5.56 Å². The number of anilines is 2. The van der Waals surface area contributed by atoms with Gasteiger partial charge in [0.25, 0.3) is 0 Å². The summed E-state index contributed by atoms with van der Waals surface area (Å²) in [6.07, 6.45) is 2.25. The quantitative estimate of drug-likeness (QED) is 0.752. The van der Waals surface area contributed by atoms with E-state index in [1.807, 2.05) is 0 Å². The minimum atomic E-state index is -1.12. The number of nitrogens with one attached hydrogen (secondary N) is 3. The van der Waals surface area contributed by atoms with Crippen molar-refractivity contribution in [2.24, 2.45) is 5.41 Å². The molecule has 0 saturated heterocycles. The third-order valence-corrected chi connectivity index (χ3v) is 3.76. The Labute approximate surface area is 130 Å². The predicted molar refractivity (Wildman–Crippen MR) is 82.4 cm³/mol. The van der Waals surface area contributed by atoms with Gasteiger partial charge in [-0.15, -0.1) is 0 Å². The number of rotatable bonds is 4. The lowest BCUT2D eigenvalue weighted by molar-refractivity contribution is -0.131. The minimum absolute atomic E-state index is 0.279. The van der Waals surface area contributed by atoms with Gasteiger partial charge in [-0.3, -0.25) is 14.4 Å². The van der Waals surface area contributed by atoms with Crippen LogP contribution in [0, 0.1) is 11.2 Å². The van der Waals surface area contributed by atoms with Crippen molar-refractivity contribution >= 4 is 23.2 Å². The highest BCUT2D eigenvalue weighted by atomic mass is 19.1. The van der Waals surface area contributed by atoms with E-state index < -0.39 is 23.0 Å². The van der Waals surface area contributed by atoms with E-state index >= 15 is 0 Å². The van der Waals surface area contributed by atoms with Crippen LogP contribution in [0.1, 0.15) is 12.8 Å². The van der Waals surface area contributed by atoms with Crippen LogP contribution >= 0.6 is 0 Å². The second kappa shape index (κ2) is 5.68. The lowest BCUT2D eigenvalue weighted by atomic mass is 10.0. The number of hydrogen-bond acceptors (Lipinski definition) is 3. The minimum Gasteiger partial charge on any atom is -0.327 e. The first-order chi connectivity index (χ1) is 11.0. The van der Waals surface area contributed by atoms with Crippen LogP contribution in [0.3, 0.4) is 0 Å². The van der Waals surface area contributed by atoms with Gasteiger partial charge in [0.1, 0.15) is 11.2 Å². The predicted octanol–water partition coefficient (Wildman–Crippen LogP) is 1.87. The molecule has 7 heteroatoms. The molecule has 6 nitrogen and oxygen atoms in total. The normalized spacial score (nSPS) is 14.8. The maximum Gasteiger partial charge on any atom is 0.248 e. The fourth-order valence-electron chi connectivity index (χ4n) is 2.21. The summed E-state index contributed by atoms with van der Waals surface area (Å²) >= 11 is 0. The lowest BCUT2D eigenvalue weighted by Crippen LogP contribution is -2.35. The number of amides is 2. The molecule has 1 fully saturated rings. The molecule has 3 N–H and O–H groups in total. The number of carbonyl (C=O) groups is 2. The van der Waals surface area contributed by atoms with Gasteiger partial charge >= 0.3 is 0 Å². The molecule has 1 saturated carbocycles. The fourth-order valence-corrected chi connectivity index (χ4v) is 2.21. The molecule has 0 spiro atoms. The molecule has 2 aromatic rings. The van der Waals surface area contributed by atoms with Crippen LogP contribution in [0.2, 0.25) is 0 Å². The summed E-state index contributed by atoms with van der Waals surface area (Å²) in [7, 11) is 0. The highest BCUT2D eigenvalue weighted by molar-refractivity contribution is 6.16. The molecule has 0 bridgehead atoms. The Bertz CT molecular complexity index is 790. The summed E-state index contributed by atoms with van der Waals surface area (Å²) in [4.78, 5) is 38.1. The van der Waals surface area contributed by atoms with Crippen LogP contribution < -0.4 is 16.2 Å². The molecule has 1 aliphatic carbocycles. The Morgan fingerprint density at radius 2 is 1.52 bits per heavy atom.